The number of ketones is 1. The molecule has 0 saturated carbocycles. The average Bonchev–Trinajstić information content (AvgIpc) is 2.53. The molecule has 0 atom stereocenters. The summed E-state index contributed by atoms with van der Waals surface area (Å²) in [5.41, 5.74) is 2.78. The molecule has 0 unspecified atom stereocenters. The molecule has 0 N–H and O–H groups in total. The predicted octanol–water partition coefficient (Wildman–Crippen LogP) is 4.72. The van der Waals surface area contributed by atoms with Crippen LogP contribution in [-0.4, -0.2) is 12.9 Å². The molecular formula is C19H16O2. The fourth-order valence-corrected chi connectivity index (χ4v) is 2.56. The van der Waals surface area contributed by atoms with Crippen LogP contribution in [0.4, 0.5) is 0 Å². The molecule has 0 saturated heterocycles. The Kier molecular flexibility index (Phi) is 3.44. The molecule has 3 aromatic rings. The second kappa shape index (κ2) is 5.41. The third kappa shape index (κ3) is 2.52. The second-order valence-corrected chi connectivity index (χ2v) is 5.03. The lowest BCUT2D eigenvalue weighted by Crippen LogP contribution is -1.95. The molecule has 0 heterocycles. The Balaban J connectivity index is 2.16. The lowest BCUT2D eigenvalue weighted by atomic mass is 9.95. The molecule has 3 aromatic carbocycles. The highest BCUT2D eigenvalue weighted by Gasteiger charge is 2.09. The predicted molar refractivity (Wildman–Crippen MR) is 85.9 cm³/mol. The van der Waals surface area contributed by atoms with E-state index >= 15 is 0 Å². The van der Waals surface area contributed by atoms with Gasteiger partial charge in [-0.15, -0.1) is 0 Å². The van der Waals surface area contributed by atoms with E-state index in [1.54, 1.807) is 14.0 Å². The quantitative estimate of drug-likeness (QED) is 0.647. The average molecular weight is 276 g/mol. The molecule has 2 heteroatoms. The Labute approximate surface area is 124 Å². The summed E-state index contributed by atoms with van der Waals surface area (Å²) in [5, 5.41) is 2.25. The number of rotatable bonds is 3. The number of benzene rings is 3. The molecule has 0 bridgehead atoms. The van der Waals surface area contributed by atoms with Gasteiger partial charge in [-0.1, -0.05) is 42.5 Å². The zero-order valence-electron chi connectivity index (χ0n) is 12.1. The smallest absolute Gasteiger partial charge is 0.160 e. The molecule has 0 aliphatic heterocycles. The summed E-state index contributed by atoms with van der Waals surface area (Å²) in [7, 11) is 1.67. The summed E-state index contributed by atoms with van der Waals surface area (Å²) >= 11 is 0. The number of hydrogen-bond donors (Lipinski definition) is 0. The van der Waals surface area contributed by atoms with Gasteiger partial charge in [-0.05, 0) is 47.0 Å². The van der Waals surface area contributed by atoms with Crippen molar-refractivity contribution >= 4 is 16.6 Å². The van der Waals surface area contributed by atoms with Crippen LogP contribution in [0, 0.1) is 0 Å². The summed E-state index contributed by atoms with van der Waals surface area (Å²) in [6, 6.07) is 19.9. The first-order chi connectivity index (χ1) is 10.2. The van der Waals surface area contributed by atoms with Gasteiger partial charge in [-0.2, -0.15) is 0 Å². The minimum absolute atomic E-state index is 0.0837. The van der Waals surface area contributed by atoms with E-state index < -0.39 is 0 Å². The highest BCUT2D eigenvalue weighted by Crippen LogP contribution is 2.29. The maximum atomic E-state index is 11.8. The number of fused-ring (bicyclic) bond motifs is 1. The van der Waals surface area contributed by atoms with Gasteiger partial charge in [-0.25, -0.2) is 0 Å². The zero-order valence-corrected chi connectivity index (χ0v) is 12.1. The van der Waals surface area contributed by atoms with Crippen LogP contribution in [0.1, 0.15) is 17.3 Å². The fraction of sp³-hybridized carbons (Fsp3) is 0.105. The van der Waals surface area contributed by atoms with Gasteiger partial charge < -0.3 is 4.74 Å². The van der Waals surface area contributed by atoms with E-state index in [0.717, 1.165) is 33.2 Å². The number of hydrogen-bond acceptors (Lipinski definition) is 2. The highest BCUT2D eigenvalue weighted by molar-refractivity contribution is 6.01. The maximum absolute atomic E-state index is 11.8. The Morgan fingerprint density at radius 3 is 2.38 bits per heavy atom. The largest absolute Gasteiger partial charge is 0.497 e. The third-order valence-corrected chi connectivity index (χ3v) is 3.66. The van der Waals surface area contributed by atoms with Gasteiger partial charge in [0.25, 0.3) is 0 Å². The first kappa shape index (κ1) is 13.4. The van der Waals surface area contributed by atoms with Crippen molar-refractivity contribution in [2.24, 2.45) is 0 Å². The van der Waals surface area contributed by atoms with Gasteiger partial charge in [0.2, 0.25) is 0 Å². The Morgan fingerprint density at radius 2 is 1.62 bits per heavy atom. The Morgan fingerprint density at radius 1 is 0.905 bits per heavy atom. The highest BCUT2D eigenvalue weighted by atomic mass is 16.5. The van der Waals surface area contributed by atoms with Crippen molar-refractivity contribution in [2.45, 2.75) is 6.92 Å². The molecular weight excluding hydrogens is 260 g/mol. The van der Waals surface area contributed by atoms with E-state index in [1.165, 1.54) is 0 Å². The van der Waals surface area contributed by atoms with E-state index in [2.05, 4.69) is 12.1 Å². The van der Waals surface area contributed by atoms with Gasteiger partial charge >= 0.3 is 0 Å². The Bertz CT molecular complexity index is 819. The molecule has 0 amide bonds. The van der Waals surface area contributed by atoms with Crippen LogP contribution in [0.2, 0.25) is 0 Å². The summed E-state index contributed by atoms with van der Waals surface area (Å²) in [6.45, 7) is 1.60. The lowest BCUT2D eigenvalue weighted by molar-refractivity contribution is 0.101. The second-order valence-electron chi connectivity index (χ2n) is 5.03. The van der Waals surface area contributed by atoms with Crippen LogP contribution in [0.5, 0.6) is 5.75 Å². The van der Waals surface area contributed by atoms with Crippen molar-refractivity contribution in [3.8, 4) is 16.9 Å². The van der Waals surface area contributed by atoms with E-state index in [0.29, 0.717) is 0 Å². The van der Waals surface area contributed by atoms with Crippen molar-refractivity contribution in [3.63, 3.8) is 0 Å². The molecule has 3 rings (SSSR count). The zero-order chi connectivity index (χ0) is 14.8. The van der Waals surface area contributed by atoms with E-state index in [1.807, 2.05) is 48.5 Å². The molecule has 2 nitrogen and oxygen atoms in total. The first-order valence-corrected chi connectivity index (χ1v) is 6.87. The third-order valence-electron chi connectivity index (χ3n) is 3.66. The van der Waals surface area contributed by atoms with Gasteiger partial charge in [0, 0.05) is 5.56 Å². The fourth-order valence-electron chi connectivity index (χ4n) is 2.56. The minimum atomic E-state index is 0.0837. The normalized spacial score (nSPS) is 10.6. The molecule has 0 radical (unpaired) electrons. The number of carbonyl (C=O) groups is 1. The van der Waals surface area contributed by atoms with Gasteiger partial charge in [0.05, 0.1) is 7.11 Å². The topological polar surface area (TPSA) is 26.3 Å². The number of methoxy groups -OCH3 is 1. The molecule has 0 aromatic heterocycles. The van der Waals surface area contributed by atoms with Crippen molar-refractivity contribution in [3.05, 3.63) is 66.2 Å². The SMILES string of the molecule is COc1ccc2cc(-c3ccccc3C(C)=O)ccc2c1. The molecule has 0 spiro atoms. The van der Waals surface area contributed by atoms with Gasteiger partial charge in [0.15, 0.2) is 5.78 Å². The summed E-state index contributed by atoms with van der Waals surface area (Å²) < 4.78 is 5.24. The van der Waals surface area contributed by atoms with Crippen LogP contribution in [0.25, 0.3) is 21.9 Å². The number of carbonyl (C=O) groups excluding carboxylic acids is 1. The number of Topliss-reactive ketones (excluding diaryl/α,β-unsaturated/α-hetero) is 1. The van der Waals surface area contributed by atoms with Crippen LogP contribution in [0.3, 0.4) is 0 Å². The Hall–Kier alpha value is -2.61. The van der Waals surface area contributed by atoms with Gasteiger partial charge in [0.1, 0.15) is 5.75 Å². The monoisotopic (exact) mass is 276 g/mol. The first-order valence-electron chi connectivity index (χ1n) is 6.87. The molecule has 0 aliphatic rings. The van der Waals surface area contributed by atoms with E-state index in [4.69, 9.17) is 4.74 Å². The summed E-state index contributed by atoms with van der Waals surface area (Å²) in [4.78, 5) is 11.8. The van der Waals surface area contributed by atoms with E-state index in [-0.39, 0.29) is 5.78 Å². The van der Waals surface area contributed by atoms with Crippen molar-refractivity contribution in [1.82, 2.24) is 0 Å². The molecule has 0 aliphatic carbocycles. The van der Waals surface area contributed by atoms with Crippen LogP contribution >= 0.6 is 0 Å². The molecule has 0 fully saturated rings. The van der Waals surface area contributed by atoms with Gasteiger partial charge in [-0.3, -0.25) is 4.79 Å². The van der Waals surface area contributed by atoms with Crippen molar-refractivity contribution in [1.29, 1.82) is 0 Å². The van der Waals surface area contributed by atoms with Crippen molar-refractivity contribution in [2.75, 3.05) is 7.11 Å². The van der Waals surface area contributed by atoms with Crippen LogP contribution in [0.15, 0.2) is 60.7 Å². The summed E-state index contributed by atoms with van der Waals surface area (Å²) in [6.07, 6.45) is 0. The maximum Gasteiger partial charge on any atom is 0.160 e. The van der Waals surface area contributed by atoms with Crippen LogP contribution < -0.4 is 4.74 Å². The van der Waals surface area contributed by atoms with Crippen LogP contribution in [-0.2, 0) is 0 Å². The minimum Gasteiger partial charge on any atom is -0.497 e. The lowest BCUT2D eigenvalue weighted by Gasteiger charge is -2.09. The van der Waals surface area contributed by atoms with E-state index in [9.17, 15) is 4.79 Å². The standard InChI is InChI=1S/C19H16O2/c1-13(20)18-5-3-4-6-19(18)16-8-7-15-12-17(21-2)10-9-14(15)11-16/h3-12H,1-2H3. The summed E-state index contributed by atoms with van der Waals surface area (Å²) in [5.74, 6) is 0.930. The number of ether oxygens (including phenoxy) is 1. The molecule has 104 valence electrons. The molecule has 21 heavy (non-hydrogen) atoms. The van der Waals surface area contributed by atoms with Crippen molar-refractivity contribution < 1.29 is 9.53 Å².